The number of hydrogen-bond donors (Lipinski definition) is 1. The fraction of sp³-hybridized carbons (Fsp3) is 0.348. The topological polar surface area (TPSA) is 150 Å². The van der Waals surface area contributed by atoms with Crippen LogP contribution in [-0.4, -0.2) is 52.3 Å². The Bertz CT molecular complexity index is 2120. The third-order valence-electron chi connectivity index (χ3n) is 8.93. The van der Waals surface area contributed by atoms with E-state index in [9.17, 15) is 22.6 Å². The summed E-state index contributed by atoms with van der Waals surface area (Å²) in [5.41, 5.74) is 2.20. The SMILES string of the molecule is CCCCC(CC)COC(=O)C=Cc1ccc(OC)cc1.COc1ccc(C=CC(=O)OCCC(C)C)cc1.O=S(=O)(O)C1(c2ccccc2)N=c2ccccc2=N1. The van der Waals surface area contributed by atoms with Crippen LogP contribution in [0.3, 0.4) is 0 Å². The zero-order valence-electron chi connectivity index (χ0n) is 34.2. The molecule has 1 heterocycles. The maximum atomic E-state index is 11.8. The van der Waals surface area contributed by atoms with Gasteiger partial charge in [-0.2, -0.15) is 8.42 Å². The van der Waals surface area contributed by atoms with Crippen molar-refractivity contribution in [2.24, 2.45) is 21.8 Å². The third-order valence-corrected chi connectivity index (χ3v) is 10.1. The summed E-state index contributed by atoms with van der Waals surface area (Å²) in [7, 11) is -1.27. The lowest BCUT2D eigenvalue weighted by Crippen LogP contribution is -2.31. The molecular formula is C46H56N2O9S. The maximum absolute atomic E-state index is 11.8. The van der Waals surface area contributed by atoms with Crippen LogP contribution in [0.5, 0.6) is 11.5 Å². The van der Waals surface area contributed by atoms with Gasteiger partial charge in [-0.25, -0.2) is 19.6 Å². The summed E-state index contributed by atoms with van der Waals surface area (Å²) in [5, 5.41) is 0.896. The molecule has 1 unspecified atom stereocenters. The standard InChI is InChI=1S/C18H26O3.C15H20O3.C13H10N2O3S/c1-4-6-7-15(5-2)14-21-18(19)13-10-16-8-11-17(20-3)12-9-16;1-12(2)10-11-18-15(16)9-6-13-4-7-14(17-3)8-5-13;16-19(17,18)13(10-6-2-1-3-7-10)14-11-8-4-5-9-12(11)15-13/h8-13,15H,4-7,14H2,1-3H3;4-9,12H,10-11H2,1-3H3;1-9H,(H,16,17,18). The molecular weight excluding hydrogens is 757 g/mol. The number of esters is 2. The molecule has 5 rings (SSSR count). The molecule has 1 aliphatic heterocycles. The minimum absolute atomic E-state index is 0.277. The molecule has 0 amide bonds. The van der Waals surface area contributed by atoms with Gasteiger partial charge in [0.1, 0.15) is 11.5 Å². The molecule has 0 aliphatic carbocycles. The van der Waals surface area contributed by atoms with E-state index in [1.54, 1.807) is 81.0 Å². The first-order chi connectivity index (χ1) is 27.8. The van der Waals surface area contributed by atoms with Crippen molar-refractivity contribution >= 4 is 34.2 Å². The summed E-state index contributed by atoms with van der Waals surface area (Å²) in [6.45, 7) is 9.51. The monoisotopic (exact) mass is 812 g/mol. The summed E-state index contributed by atoms with van der Waals surface area (Å²) in [5.74, 6) is 2.04. The highest BCUT2D eigenvalue weighted by Crippen LogP contribution is 2.33. The van der Waals surface area contributed by atoms with Crippen LogP contribution in [0.2, 0.25) is 0 Å². The number of nitrogens with zero attached hydrogens (tertiary/aromatic N) is 2. The lowest BCUT2D eigenvalue weighted by atomic mass is 10.0. The van der Waals surface area contributed by atoms with Gasteiger partial charge in [-0.3, -0.25) is 4.55 Å². The molecule has 310 valence electrons. The molecule has 0 spiro atoms. The van der Waals surface area contributed by atoms with Crippen LogP contribution in [0, 0.1) is 11.8 Å². The molecule has 1 atom stereocenters. The van der Waals surface area contributed by atoms with Crippen molar-refractivity contribution in [2.75, 3.05) is 27.4 Å². The maximum Gasteiger partial charge on any atom is 0.330 e. The van der Waals surface area contributed by atoms with E-state index in [1.807, 2.05) is 48.5 Å². The fourth-order valence-corrected chi connectivity index (χ4v) is 6.26. The number of hydrogen-bond acceptors (Lipinski definition) is 10. The summed E-state index contributed by atoms with van der Waals surface area (Å²) >= 11 is 0. The van der Waals surface area contributed by atoms with Gasteiger partial charge in [0.15, 0.2) is 0 Å². The predicted molar refractivity (Wildman–Crippen MR) is 227 cm³/mol. The summed E-state index contributed by atoms with van der Waals surface area (Å²) in [6, 6.07) is 30.1. The molecule has 4 aromatic rings. The molecule has 12 heteroatoms. The second-order valence-electron chi connectivity index (χ2n) is 13.8. The molecule has 0 aromatic heterocycles. The van der Waals surface area contributed by atoms with E-state index in [-0.39, 0.29) is 11.9 Å². The van der Waals surface area contributed by atoms with E-state index in [0.29, 0.717) is 41.3 Å². The van der Waals surface area contributed by atoms with Gasteiger partial charge in [-0.05, 0) is 84.4 Å². The summed E-state index contributed by atoms with van der Waals surface area (Å²) in [6.07, 6.45) is 11.9. The van der Waals surface area contributed by atoms with Gasteiger partial charge < -0.3 is 18.9 Å². The van der Waals surface area contributed by atoms with Gasteiger partial charge in [-0.15, -0.1) is 0 Å². The number of benzene rings is 4. The molecule has 1 N–H and O–H groups in total. The van der Waals surface area contributed by atoms with Crippen molar-refractivity contribution in [3.63, 3.8) is 0 Å². The minimum Gasteiger partial charge on any atom is -0.497 e. The van der Waals surface area contributed by atoms with E-state index in [2.05, 4.69) is 37.7 Å². The summed E-state index contributed by atoms with van der Waals surface area (Å²) in [4.78, 5) is 29.3. The van der Waals surface area contributed by atoms with Crippen LogP contribution in [0.15, 0.2) is 125 Å². The Morgan fingerprint density at radius 2 is 1.19 bits per heavy atom. The second kappa shape index (κ2) is 24.2. The van der Waals surface area contributed by atoms with Gasteiger partial charge in [0.2, 0.25) is 0 Å². The van der Waals surface area contributed by atoms with Crippen molar-refractivity contribution in [2.45, 2.75) is 64.8 Å². The minimum atomic E-state index is -4.52. The number of ether oxygens (including phenoxy) is 4. The number of rotatable bonds is 17. The number of carbonyl (C=O) groups excluding carboxylic acids is 2. The number of fused-ring (bicyclic) bond motifs is 1. The first kappa shape index (κ1) is 46.8. The average molecular weight is 813 g/mol. The van der Waals surface area contributed by atoms with Crippen molar-refractivity contribution in [1.82, 2.24) is 0 Å². The number of unbranched alkanes of at least 4 members (excludes halogenated alkanes) is 1. The van der Waals surface area contributed by atoms with E-state index in [0.717, 1.165) is 41.9 Å². The lowest BCUT2D eigenvalue weighted by Gasteiger charge is -2.19. The second-order valence-corrected chi connectivity index (χ2v) is 15.3. The Hall–Kier alpha value is -5.59. The number of carbonyl (C=O) groups is 2. The smallest absolute Gasteiger partial charge is 0.330 e. The average Bonchev–Trinajstić information content (AvgIpc) is 3.65. The normalized spacial score (nSPS) is 13.2. The molecule has 1 aliphatic rings. The van der Waals surface area contributed by atoms with Crippen molar-refractivity contribution in [1.29, 1.82) is 0 Å². The molecule has 11 nitrogen and oxygen atoms in total. The van der Waals surface area contributed by atoms with Gasteiger partial charge in [-0.1, -0.05) is 114 Å². The first-order valence-electron chi connectivity index (χ1n) is 19.4. The molecule has 58 heavy (non-hydrogen) atoms. The first-order valence-corrected chi connectivity index (χ1v) is 20.8. The highest BCUT2D eigenvalue weighted by atomic mass is 32.2. The Balaban J connectivity index is 0.000000233. The van der Waals surface area contributed by atoms with E-state index in [1.165, 1.54) is 25.0 Å². The van der Waals surface area contributed by atoms with E-state index < -0.39 is 15.1 Å². The molecule has 0 radical (unpaired) electrons. The largest absolute Gasteiger partial charge is 0.497 e. The summed E-state index contributed by atoms with van der Waals surface area (Å²) < 4.78 is 53.7. The molecule has 0 fully saturated rings. The van der Waals surface area contributed by atoms with Crippen LogP contribution in [-0.2, 0) is 34.2 Å². The number of methoxy groups -OCH3 is 2. The highest BCUT2D eigenvalue weighted by Gasteiger charge is 2.46. The van der Waals surface area contributed by atoms with Gasteiger partial charge in [0.05, 0.1) is 38.1 Å². The molecule has 4 aromatic carbocycles. The van der Waals surface area contributed by atoms with E-state index >= 15 is 0 Å². The highest BCUT2D eigenvalue weighted by molar-refractivity contribution is 7.86. The molecule has 0 saturated heterocycles. The quantitative estimate of drug-likeness (QED) is 0.0630. The lowest BCUT2D eigenvalue weighted by molar-refractivity contribution is -0.139. The Morgan fingerprint density at radius 1 is 0.707 bits per heavy atom. The van der Waals surface area contributed by atoms with Crippen molar-refractivity contribution in [3.05, 3.63) is 143 Å². The van der Waals surface area contributed by atoms with Crippen molar-refractivity contribution < 1.29 is 41.5 Å². The Morgan fingerprint density at radius 3 is 1.62 bits per heavy atom. The molecule has 0 bridgehead atoms. The van der Waals surface area contributed by atoms with Gasteiger partial charge in [0, 0.05) is 17.7 Å². The predicted octanol–water partition coefficient (Wildman–Crippen LogP) is 8.40. The van der Waals surface area contributed by atoms with Crippen LogP contribution in [0.4, 0.5) is 0 Å². The Kier molecular flexibility index (Phi) is 19.6. The van der Waals surface area contributed by atoms with Crippen molar-refractivity contribution in [3.8, 4) is 11.5 Å². The van der Waals surface area contributed by atoms with Crippen LogP contribution >= 0.6 is 0 Å². The zero-order chi connectivity index (χ0) is 42.4. The zero-order valence-corrected chi connectivity index (χ0v) is 35.1. The van der Waals surface area contributed by atoms with E-state index in [4.69, 9.17) is 18.9 Å². The Labute approximate surface area is 342 Å². The van der Waals surface area contributed by atoms with Crippen LogP contribution in [0.1, 0.15) is 76.5 Å². The fourth-order valence-electron chi connectivity index (χ4n) is 5.40. The molecule has 0 saturated carbocycles. The van der Waals surface area contributed by atoms with Crippen LogP contribution in [0.25, 0.3) is 12.2 Å². The van der Waals surface area contributed by atoms with Crippen LogP contribution < -0.4 is 20.2 Å². The van der Waals surface area contributed by atoms with Gasteiger partial charge >= 0.3 is 27.1 Å². The van der Waals surface area contributed by atoms with Gasteiger partial charge in [0.25, 0.3) is 0 Å². The third kappa shape index (κ3) is 15.4. The number of para-hydroxylation sites is 2.